The van der Waals surface area contributed by atoms with Crippen LogP contribution >= 0.6 is 12.4 Å². The van der Waals surface area contributed by atoms with Gasteiger partial charge in [-0.1, -0.05) is 13.8 Å². The zero-order valence-corrected chi connectivity index (χ0v) is 15.6. The molecule has 1 saturated heterocycles. The molecule has 5 fully saturated rings. The summed E-state index contributed by atoms with van der Waals surface area (Å²) >= 11 is 0. The predicted octanol–water partition coefficient (Wildman–Crippen LogP) is 3.52. The second kappa shape index (κ2) is 5.91. The van der Waals surface area contributed by atoms with Crippen LogP contribution < -0.4 is 10.6 Å². The minimum atomic E-state index is -0.0367. The van der Waals surface area contributed by atoms with Crippen LogP contribution in [-0.4, -0.2) is 25.5 Å². The predicted molar refractivity (Wildman–Crippen MR) is 95.7 cm³/mol. The van der Waals surface area contributed by atoms with E-state index in [9.17, 15) is 4.79 Å². The molecule has 0 aromatic heterocycles. The summed E-state index contributed by atoms with van der Waals surface area (Å²) in [6, 6.07) is 0. The van der Waals surface area contributed by atoms with Crippen molar-refractivity contribution in [3.63, 3.8) is 0 Å². The van der Waals surface area contributed by atoms with Gasteiger partial charge in [0, 0.05) is 6.54 Å². The van der Waals surface area contributed by atoms with E-state index in [2.05, 4.69) is 24.5 Å². The van der Waals surface area contributed by atoms with E-state index in [0.717, 1.165) is 44.8 Å². The fraction of sp³-hybridized carbons (Fsp3) is 0.947. The molecule has 4 heteroatoms. The van der Waals surface area contributed by atoms with Gasteiger partial charge in [-0.25, -0.2) is 0 Å². The zero-order chi connectivity index (χ0) is 15.4. The van der Waals surface area contributed by atoms with E-state index in [1.165, 1.54) is 32.1 Å². The van der Waals surface area contributed by atoms with Gasteiger partial charge in [0.05, 0.1) is 5.41 Å². The molecule has 1 amide bonds. The maximum atomic E-state index is 13.1. The minimum absolute atomic E-state index is 0. The molecule has 3 nitrogen and oxygen atoms in total. The quantitative estimate of drug-likeness (QED) is 0.825. The lowest BCUT2D eigenvalue weighted by molar-refractivity contribution is -0.170. The van der Waals surface area contributed by atoms with E-state index in [0.29, 0.717) is 22.7 Å². The maximum absolute atomic E-state index is 13.1. The van der Waals surface area contributed by atoms with Crippen molar-refractivity contribution in [3.05, 3.63) is 0 Å². The van der Waals surface area contributed by atoms with Crippen molar-refractivity contribution in [2.45, 2.75) is 65.2 Å². The average molecular weight is 341 g/mol. The highest BCUT2D eigenvalue weighted by atomic mass is 35.5. The summed E-state index contributed by atoms with van der Waals surface area (Å²) in [5.41, 5.74) is 0.820. The van der Waals surface area contributed by atoms with Crippen LogP contribution in [0.3, 0.4) is 0 Å². The smallest absolute Gasteiger partial charge is 0.226 e. The molecule has 0 spiro atoms. The van der Waals surface area contributed by atoms with E-state index >= 15 is 0 Å². The van der Waals surface area contributed by atoms with Gasteiger partial charge in [0.2, 0.25) is 5.91 Å². The molecular weight excluding hydrogens is 308 g/mol. The third-order valence-corrected chi connectivity index (χ3v) is 7.06. The van der Waals surface area contributed by atoms with E-state index in [-0.39, 0.29) is 17.8 Å². The lowest BCUT2D eigenvalue weighted by Crippen LogP contribution is -2.60. The van der Waals surface area contributed by atoms with Crippen molar-refractivity contribution < 1.29 is 4.79 Å². The Morgan fingerprint density at radius 3 is 2.39 bits per heavy atom. The Morgan fingerprint density at radius 1 is 1.13 bits per heavy atom. The Kier molecular flexibility index (Phi) is 4.51. The Bertz CT molecular complexity index is 456. The molecule has 0 radical (unpaired) electrons. The number of halogens is 1. The monoisotopic (exact) mass is 340 g/mol. The average Bonchev–Trinajstić information content (AvgIpc) is 2.42. The fourth-order valence-corrected chi connectivity index (χ4v) is 7.22. The number of piperidine rings is 1. The number of hydrogen-bond acceptors (Lipinski definition) is 2. The molecular formula is C19H33ClN2O. The van der Waals surface area contributed by atoms with E-state index in [1.807, 2.05) is 0 Å². The van der Waals surface area contributed by atoms with Gasteiger partial charge in [-0.05, 0) is 87.1 Å². The molecule has 0 aromatic carbocycles. The van der Waals surface area contributed by atoms with Gasteiger partial charge in [-0.2, -0.15) is 0 Å². The lowest BCUT2D eigenvalue weighted by atomic mass is 9.40. The van der Waals surface area contributed by atoms with Crippen molar-refractivity contribution in [2.75, 3.05) is 19.6 Å². The molecule has 3 unspecified atom stereocenters. The van der Waals surface area contributed by atoms with Crippen LogP contribution in [0, 0.1) is 28.1 Å². The third-order valence-electron chi connectivity index (χ3n) is 7.06. The van der Waals surface area contributed by atoms with Gasteiger partial charge in [0.1, 0.15) is 0 Å². The summed E-state index contributed by atoms with van der Waals surface area (Å²) in [7, 11) is 0. The minimum Gasteiger partial charge on any atom is -0.355 e. The molecule has 1 heterocycles. The maximum Gasteiger partial charge on any atom is 0.226 e. The van der Waals surface area contributed by atoms with Crippen molar-refractivity contribution in [2.24, 2.45) is 28.1 Å². The van der Waals surface area contributed by atoms with Crippen molar-refractivity contribution in [1.29, 1.82) is 0 Å². The summed E-state index contributed by atoms with van der Waals surface area (Å²) in [5.74, 6) is 1.82. The Morgan fingerprint density at radius 2 is 1.83 bits per heavy atom. The zero-order valence-electron chi connectivity index (χ0n) is 14.7. The van der Waals surface area contributed by atoms with Crippen molar-refractivity contribution in [1.82, 2.24) is 10.6 Å². The van der Waals surface area contributed by atoms with Crippen LogP contribution in [0.4, 0.5) is 0 Å². The number of hydrogen-bond donors (Lipinski definition) is 2. The van der Waals surface area contributed by atoms with Crippen molar-refractivity contribution in [3.8, 4) is 0 Å². The van der Waals surface area contributed by atoms with E-state index < -0.39 is 0 Å². The van der Waals surface area contributed by atoms with Gasteiger partial charge in [-0.15, -0.1) is 12.4 Å². The number of carbonyl (C=O) groups is 1. The van der Waals surface area contributed by atoms with E-state index in [4.69, 9.17) is 0 Å². The SMILES string of the molecule is CC12CC3CC(C)(C1)CC(C(=O)NCC1CCCNC1)(C3)C2.Cl. The van der Waals surface area contributed by atoms with Crippen LogP contribution in [0.2, 0.25) is 0 Å². The molecule has 4 saturated carbocycles. The van der Waals surface area contributed by atoms with Gasteiger partial charge >= 0.3 is 0 Å². The molecule has 132 valence electrons. The summed E-state index contributed by atoms with van der Waals surface area (Å²) in [6.45, 7) is 8.00. The van der Waals surface area contributed by atoms with Crippen LogP contribution in [-0.2, 0) is 4.79 Å². The molecule has 5 aliphatic rings. The summed E-state index contributed by atoms with van der Waals surface area (Å²) in [4.78, 5) is 13.1. The summed E-state index contributed by atoms with van der Waals surface area (Å²) in [5, 5.41) is 6.82. The highest BCUT2D eigenvalue weighted by Gasteiger charge is 2.62. The molecule has 3 atom stereocenters. The normalized spacial score (nSPS) is 47.9. The standard InChI is InChI=1S/C19H32N2O.ClH/c1-17-6-15-7-18(2,11-17)13-19(8-15,12-17)16(22)21-10-14-4-3-5-20-9-14;/h14-15,20H,3-13H2,1-2H3,(H,21,22);1H. The van der Waals surface area contributed by atoms with Crippen LogP contribution in [0.15, 0.2) is 0 Å². The molecule has 4 bridgehead atoms. The van der Waals surface area contributed by atoms with E-state index in [1.54, 1.807) is 0 Å². The molecule has 0 aromatic rings. The first kappa shape index (κ1) is 17.5. The van der Waals surface area contributed by atoms with Gasteiger partial charge < -0.3 is 10.6 Å². The second-order valence-electron chi connectivity index (χ2n) is 9.83. The molecule has 4 aliphatic carbocycles. The third kappa shape index (κ3) is 3.16. The first-order valence-electron chi connectivity index (χ1n) is 9.40. The van der Waals surface area contributed by atoms with Crippen molar-refractivity contribution >= 4 is 18.3 Å². The largest absolute Gasteiger partial charge is 0.355 e. The second-order valence-corrected chi connectivity index (χ2v) is 9.83. The summed E-state index contributed by atoms with van der Waals surface area (Å²) < 4.78 is 0. The topological polar surface area (TPSA) is 41.1 Å². The van der Waals surface area contributed by atoms with Gasteiger partial charge in [0.15, 0.2) is 0 Å². The van der Waals surface area contributed by atoms with Crippen LogP contribution in [0.1, 0.15) is 65.2 Å². The molecule has 1 aliphatic heterocycles. The molecule has 23 heavy (non-hydrogen) atoms. The number of amides is 1. The number of nitrogens with one attached hydrogen (secondary N) is 2. The Balaban J connectivity index is 0.00000156. The van der Waals surface area contributed by atoms with Gasteiger partial charge in [0.25, 0.3) is 0 Å². The number of carbonyl (C=O) groups excluding carboxylic acids is 1. The Labute approximate surface area is 147 Å². The number of rotatable bonds is 3. The Hall–Kier alpha value is -0.280. The molecule has 5 rings (SSSR count). The first-order chi connectivity index (χ1) is 10.4. The first-order valence-corrected chi connectivity index (χ1v) is 9.40. The molecule has 2 N–H and O–H groups in total. The fourth-order valence-electron chi connectivity index (χ4n) is 7.22. The van der Waals surface area contributed by atoms with Gasteiger partial charge in [-0.3, -0.25) is 4.79 Å². The van der Waals surface area contributed by atoms with Crippen LogP contribution in [0.25, 0.3) is 0 Å². The van der Waals surface area contributed by atoms with Crippen LogP contribution in [0.5, 0.6) is 0 Å². The highest BCUT2D eigenvalue weighted by Crippen LogP contribution is 2.69. The lowest BCUT2D eigenvalue weighted by Gasteiger charge is -2.64. The summed E-state index contributed by atoms with van der Waals surface area (Å²) in [6.07, 6.45) is 10.0. The highest BCUT2D eigenvalue weighted by molar-refractivity contribution is 5.85.